The van der Waals surface area contributed by atoms with E-state index in [9.17, 15) is 14.0 Å². The van der Waals surface area contributed by atoms with Gasteiger partial charge in [-0.1, -0.05) is 36.4 Å². The van der Waals surface area contributed by atoms with Crippen LogP contribution < -0.4 is 16.6 Å². The molecule has 0 aromatic heterocycles. The standard InChI is InChI=1S/C17H16FN3O2/c1-11(12-6-3-2-4-7-12)15(17(23)21-19)20-16(22)13-8-5-9-14(18)10-13/h2-10H,19H2,1H3,(H,20,22)(H,21,23)/b15-11-. The van der Waals surface area contributed by atoms with Gasteiger partial charge in [-0.15, -0.1) is 0 Å². The number of benzene rings is 2. The second-order valence-corrected chi connectivity index (χ2v) is 4.80. The van der Waals surface area contributed by atoms with E-state index in [0.717, 1.165) is 11.6 Å². The molecule has 2 aromatic carbocycles. The lowest BCUT2D eigenvalue weighted by atomic mass is 10.0. The summed E-state index contributed by atoms with van der Waals surface area (Å²) < 4.78 is 13.2. The lowest BCUT2D eigenvalue weighted by Crippen LogP contribution is -2.39. The Morgan fingerprint density at radius 3 is 2.26 bits per heavy atom. The van der Waals surface area contributed by atoms with Crippen LogP contribution in [0.4, 0.5) is 4.39 Å². The van der Waals surface area contributed by atoms with Crippen LogP contribution in [0.3, 0.4) is 0 Å². The second kappa shape index (κ2) is 7.33. The molecule has 0 atom stereocenters. The van der Waals surface area contributed by atoms with E-state index in [-0.39, 0.29) is 11.3 Å². The van der Waals surface area contributed by atoms with Crippen LogP contribution in [0.2, 0.25) is 0 Å². The minimum atomic E-state index is -0.642. The van der Waals surface area contributed by atoms with Crippen LogP contribution in [0.1, 0.15) is 22.8 Å². The molecule has 0 heterocycles. The summed E-state index contributed by atoms with van der Waals surface area (Å²) in [6.45, 7) is 1.69. The summed E-state index contributed by atoms with van der Waals surface area (Å²) in [6, 6.07) is 14.2. The highest BCUT2D eigenvalue weighted by Gasteiger charge is 2.17. The van der Waals surface area contributed by atoms with Crippen LogP contribution in [0, 0.1) is 5.82 Å². The van der Waals surface area contributed by atoms with Gasteiger partial charge in [0.25, 0.3) is 11.8 Å². The van der Waals surface area contributed by atoms with Gasteiger partial charge >= 0.3 is 0 Å². The molecule has 0 fully saturated rings. The molecule has 2 aromatic rings. The van der Waals surface area contributed by atoms with Gasteiger partial charge in [0, 0.05) is 5.56 Å². The first-order chi connectivity index (χ1) is 11.0. The first-order valence-electron chi connectivity index (χ1n) is 6.87. The van der Waals surface area contributed by atoms with Crippen molar-refractivity contribution in [3.05, 3.63) is 77.2 Å². The van der Waals surface area contributed by atoms with E-state index in [1.165, 1.54) is 18.2 Å². The van der Waals surface area contributed by atoms with Crippen LogP contribution in [0.5, 0.6) is 0 Å². The summed E-state index contributed by atoms with van der Waals surface area (Å²) in [4.78, 5) is 24.2. The monoisotopic (exact) mass is 313 g/mol. The van der Waals surface area contributed by atoms with Crippen LogP contribution in [0.15, 0.2) is 60.3 Å². The van der Waals surface area contributed by atoms with Crippen LogP contribution in [-0.4, -0.2) is 11.8 Å². The number of rotatable bonds is 4. The topological polar surface area (TPSA) is 84.2 Å². The van der Waals surface area contributed by atoms with Crippen molar-refractivity contribution >= 4 is 17.4 Å². The molecule has 4 N–H and O–H groups in total. The Labute approximate surface area is 133 Å². The maximum absolute atomic E-state index is 13.2. The fourth-order valence-electron chi connectivity index (χ4n) is 2.04. The van der Waals surface area contributed by atoms with Gasteiger partial charge < -0.3 is 5.32 Å². The van der Waals surface area contributed by atoms with Gasteiger partial charge in [0.15, 0.2) is 0 Å². The first kappa shape index (κ1) is 16.4. The van der Waals surface area contributed by atoms with Crippen molar-refractivity contribution in [2.45, 2.75) is 6.92 Å². The van der Waals surface area contributed by atoms with Crippen molar-refractivity contribution in [1.29, 1.82) is 0 Å². The summed E-state index contributed by atoms with van der Waals surface area (Å²) in [5, 5.41) is 2.49. The number of hydrogen-bond acceptors (Lipinski definition) is 3. The zero-order valence-corrected chi connectivity index (χ0v) is 12.5. The lowest BCUT2D eigenvalue weighted by Gasteiger charge is -2.13. The summed E-state index contributed by atoms with van der Waals surface area (Å²) >= 11 is 0. The third kappa shape index (κ3) is 4.02. The van der Waals surface area contributed by atoms with Gasteiger partial charge in [0.1, 0.15) is 11.5 Å². The molecule has 0 saturated heterocycles. The van der Waals surface area contributed by atoms with Gasteiger partial charge in [-0.3, -0.25) is 15.0 Å². The molecule has 0 saturated carbocycles. The van der Waals surface area contributed by atoms with Crippen molar-refractivity contribution in [2.24, 2.45) is 5.84 Å². The van der Waals surface area contributed by atoms with E-state index >= 15 is 0 Å². The molecule has 23 heavy (non-hydrogen) atoms. The average molecular weight is 313 g/mol. The Balaban J connectivity index is 2.37. The van der Waals surface area contributed by atoms with E-state index in [4.69, 9.17) is 5.84 Å². The summed E-state index contributed by atoms with van der Waals surface area (Å²) in [7, 11) is 0. The fourth-order valence-corrected chi connectivity index (χ4v) is 2.04. The molecule has 5 nitrogen and oxygen atoms in total. The highest BCUT2D eigenvalue weighted by Crippen LogP contribution is 2.17. The van der Waals surface area contributed by atoms with Crippen molar-refractivity contribution < 1.29 is 14.0 Å². The molecule has 2 rings (SSSR count). The molecular weight excluding hydrogens is 297 g/mol. The largest absolute Gasteiger partial charge is 0.317 e. The van der Waals surface area contributed by atoms with Gasteiger partial charge in [0.05, 0.1) is 0 Å². The third-order valence-electron chi connectivity index (χ3n) is 3.27. The average Bonchev–Trinajstić information content (AvgIpc) is 2.59. The number of carbonyl (C=O) groups is 2. The maximum Gasteiger partial charge on any atom is 0.281 e. The summed E-state index contributed by atoms with van der Waals surface area (Å²) in [6.07, 6.45) is 0. The van der Waals surface area contributed by atoms with Crippen molar-refractivity contribution in [3.63, 3.8) is 0 Å². The number of carbonyl (C=O) groups excluding carboxylic acids is 2. The minimum absolute atomic E-state index is 0.00737. The third-order valence-corrected chi connectivity index (χ3v) is 3.27. The first-order valence-corrected chi connectivity index (χ1v) is 6.87. The number of nitrogens with one attached hydrogen (secondary N) is 2. The molecule has 0 unspecified atom stereocenters. The van der Waals surface area contributed by atoms with Gasteiger partial charge in [-0.05, 0) is 36.3 Å². The molecule has 0 aliphatic heterocycles. The highest BCUT2D eigenvalue weighted by molar-refractivity contribution is 6.06. The lowest BCUT2D eigenvalue weighted by molar-refractivity contribution is -0.117. The van der Waals surface area contributed by atoms with Gasteiger partial charge in [0.2, 0.25) is 0 Å². The second-order valence-electron chi connectivity index (χ2n) is 4.80. The Morgan fingerprint density at radius 2 is 1.65 bits per heavy atom. The number of hydrogen-bond donors (Lipinski definition) is 3. The number of amides is 2. The Kier molecular flexibility index (Phi) is 5.22. The van der Waals surface area contributed by atoms with Crippen molar-refractivity contribution in [2.75, 3.05) is 0 Å². The molecule has 0 aliphatic rings. The number of hydrazine groups is 1. The zero-order valence-electron chi connectivity index (χ0n) is 12.5. The van der Waals surface area contributed by atoms with Crippen LogP contribution in [-0.2, 0) is 4.79 Å². The van der Waals surface area contributed by atoms with Gasteiger partial charge in [-0.2, -0.15) is 0 Å². The van der Waals surface area contributed by atoms with Gasteiger partial charge in [-0.25, -0.2) is 10.2 Å². The summed E-state index contributed by atoms with van der Waals surface area (Å²) in [5.41, 5.74) is 3.41. The molecule has 118 valence electrons. The Bertz CT molecular complexity index is 757. The SMILES string of the molecule is C/C(=C(/NC(=O)c1cccc(F)c1)C(=O)NN)c1ccccc1. The molecule has 0 aliphatic carbocycles. The predicted molar refractivity (Wildman–Crippen MR) is 85.2 cm³/mol. The van der Waals surface area contributed by atoms with Crippen molar-refractivity contribution in [3.8, 4) is 0 Å². The minimum Gasteiger partial charge on any atom is -0.317 e. The summed E-state index contributed by atoms with van der Waals surface area (Å²) in [5.74, 6) is 3.41. The normalized spacial score (nSPS) is 11.4. The molecule has 0 spiro atoms. The highest BCUT2D eigenvalue weighted by atomic mass is 19.1. The molecule has 6 heteroatoms. The van der Waals surface area contributed by atoms with Crippen LogP contribution in [0.25, 0.3) is 5.57 Å². The van der Waals surface area contributed by atoms with E-state index in [0.29, 0.717) is 5.57 Å². The Hall–Kier alpha value is -2.99. The van der Waals surface area contributed by atoms with E-state index in [1.807, 2.05) is 23.6 Å². The van der Waals surface area contributed by atoms with E-state index < -0.39 is 17.6 Å². The zero-order chi connectivity index (χ0) is 16.8. The van der Waals surface area contributed by atoms with Crippen molar-refractivity contribution in [1.82, 2.24) is 10.7 Å². The maximum atomic E-state index is 13.2. The van der Waals surface area contributed by atoms with E-state index in [1.54, 1.807) is 19.1 Å². The quantitative estimate of drug-likeness (QED) is 0.349. The Morgan fingerprint density at radius 1 is 1.00 bits per heavy atom. The predicted octanol–water partition coefficient (Wildman–Crippen LogP) is 1.98. The molecule has 2 amide bonds. The number of allylic oxidation sites excluding steroid dienone is 1. The smallest absolute Gasteiger partial charge is 0.281 e. The fraction of sp³-hybridized carbons (Fsp3) is 0.0588. The molecular formula is C17H16FN3O2. The molecule has 0 radical (unpaired) electrons. The molecule has 0 bridgehead atoms. The van der Waals surface area contributed by atoms with E-state index in [2.05, 4.69) is 5.32 Å². The number of halogens is 1. The number of nitrogens with two attached hydrogens (primary N) is 1. The van der Waals surface area contributed by atoms with Crippen LogP contribution >= 0.6 is 0 Å².